The molecule has 1 saturated heterocycles. The lowest BCUT2D eigenvalue weighted by Crippen LogP contribution is -2.42. The average Bonchev–Trinajstić information content (AvgIpc) is 2.31. The Morgan fingerprint density at radius 3 is 2.53 bits per heavy atom. The third-order valence-electron chi connectivity index (χ3n) is 3.07. The molecule has 2 nitrogen and oxygen atoms in total. The van der Waals surface area contributed by atoms with Gasteiger partial charge in [0.25, 0.3) is 0 Å². The van der Waals surface area contributed by atoms with Crippen molar-refractivity contribution in [3.8, 4) is 0 Å². The SMILES string of the molecule is CCCCC(CC)C(=S)N1CCOCC1. The van der Waals surface area contributed by atoms with E-state index in [4.69, 9.17) is 17.0 Å². The Bertz CT molecular complexity index is 190. The van der Waals surface area contributed by atoms with E-state index >= 15 is 0 Å². The fourth-order valence-electron chi connectivity index (χ4n) is 1.99. The van der Waals surface area contributed by atoms with E-state index in [9.17, 15) is 0 Å². The molecule has 1 aliphatic rings. The van der Waals surface area contributed by atoms with Crippen LogP contribution in [0.25, 0.3) is 0 Å². The molecule has 3 heteroatoms. The first kappa shape index (κ1) is 12.9. The van der Waals surface area contributed by atoms with Gasteiger partial charge in [0, 0.05) is 19.0 Å². The van der Waals surface area contributed by atoms with Crippen molar-refractivity contribution in [3.05, 3.63) is 0 Å². The van der Waals surface area contributed by atoms with E-state index in [2.05, 4.69) is 18.7 Å². The lowest BCUT2D eigenvalue weighted by Gasteiger charge is -2.32. The van der Waals surface area contributed by atoms with Crippen molar-refractivity contribution >= 4 is 17.2 Å². The van der Waals surface area contributed by atoms with Crippen LogP contribution in [0.15, 0.2) is 0 Å². The molecule has 0 N–H and O–H groups in total. The molecular formula is C12H23NOS. The normalized spacial score (nSPS) is 18.9. The van der Waals surface area contributed by atoms with Crippen LogP contribution in [0.4, 0.5) is 0 Å². The Hall–Kier alpha value is -0.150. The number of hydrogen-bond donors (Lipinski definition) is 0. The van der Waals surface area contributed by atoms with Crippen LogP contribution >= 0.6 is 12.2 Å². The van der Waals surface area contributed by atoms with Crippen molar-refractivity contribution in [1.29, 1.82) is 0 Å². The lowest BCUT2D eigenvalue weighted by molar-refractivity contribution is 0.0669. The molecule has 0 radical (unpaired) electrons. The van der Waals surface area contributed by atoms with Crippen molar-refractivity contribution in [3.63, 3.8) is 0 Å². The number of thiocarbonyl (C=S) groups is 1. The minimum atomic E-state index is 0.609. The van der Waals surface area contributed by atoms with Gasteiger partial charge in [-0.15, -0.1) is 0 Å². The average molecular weight is 229 g/mol. The zero-order valence-electron chi connectivity index (χ0n) is 10.00. The second-order valence-electron chi connectivity index (χ2n) is 4.19. The predicted octanol–water partition coefficient (Wildman–Crippen LogP) is 2.86. The van der Waals surface area contributed by atoms with E-state index in [1.54, 1.807) is 0 Å². The summed E-state index contributed by atoms with van der Waals surface area (Å²) in [5.74, 6) is 0.609. The summed E-state index contributed by atoms with van der Waals surface area (Å²) in [6.45, 7) is 8.13. The molecule has 1 atom stereocenters. The lowest BCUT2D eigenvalue weighted by atomic mass is 9.98. The van der Waals surface area contributed by atoms with Gasteiger partial charge >= 0.3 is 0 Å². The second-order valence-corrected chi connectivity index (χ2v) is 4.60. The van der Waals surface area contributed by atoms with E-state index in [1.165, 1.54) is 30.7 Å². The first-order valence-electron chi connectivity index (χ1n) is 6.16. The fourth-order valence-corrected chi connectivity index (χ4v) is 2.46. The summed E-state index contributed by atoms with van der Waals surface area (Å²) in [7, 11) is 0. The summed E-state index contributed by atoms with van der Waals surface area (Å²) in [5, 5.41) is 0. The molecule has 0 aromatic carbocycles. The summed E-state index contributed by atoms with van der Waals surface area (Å²) >= 11 is 5.58. The zero-order valence-corrected chi connectivity index (χ0v) is 10.8. The van der Waals surface area contributed by atoms with Crippen LogP contribution in [0.3, 0.4) is 0 Å². The molecule has 1 rings (SSSR count). The summed E-state index contributed by atoms with van der Waals surface area (Å²) in [6, 6.07) is 0. The molecule has 0 spiro atoms. The standard InChI is InChI=1S/C12H23NOS/c1-3-5-6-11(4-2)12(15)13-7-9-14-10-8-13/h11H,3-10H2,1-2H3. The quantitative estimate of drug-likeness (QED) is 0.673. The molecule has 1 fully saturated rings. The van der Waals surface area contributed by atoms with E-state index in [0.717, 1.165) is 26.3 Å². The molecule has 0 saturated carbocycles. The Labute approximate surface area is 99.0 Å². The third kappa shape index (κ3) is 4.07. The monoisotopic (exact) mass is 229 g/mol. The van der Waals surface area contributed by atoms with Gasteiger partial charge in [-0.25, -0.2) is 0 Å². The Morgan fingerprint density at radius 2 is 2.00 bits per heavy atom. The van der Waals surface area contributed by atoms with Gasteiger partial charge in [-0.2, -0.15) is 0 Å². The van der Waals surface area contributed by atoms with E-state index in [1.807, 2.05) is 0 Å². The van der Waals surface area contributed by atoms with E-state index in [-0.39, 0.29) is 0 Å². The highest BCUT2D eigenvalue weighted by molar-refractivity contribution is 7.80. The summed E-state index contributed by atoms with van der Waals surface area (Å²) in [6.07, 6.45) is 4.99. The van der Waals surface area contributed by atoms with Crippen molar-refractivity contribution in [1.82, 2.24) is 4.90 Å². The van der Waals surface area contributed by atoms with Crippen LogP contribution in [-0.4, -0.2) is 36.2 Å². The van der Waals surface area contributed by atoms with E-state index in [0.29, 0.717) is 5.92 Å². The maximum absolute atomic E-state index is 5.58. The van der Waals surface area contributed by atoms with Crippen LogP contribution in [0.5, 0.6) is 0 Å². The highest BCUT2D eigenvalue weighted by Crippen LogP contribution is 2.18. The van der Waals surface area contributed by atoms with Crippen LogP contribution in [0.2, 0.25) is 0 Å². The van der Waals surface area contributed by atoms with Crippen molar-refractivity contribution < 1.29 is 4.74 Å². The smallest absolute Gasteiger partial charge is 0.0812 e. The van der Waals surface area contributed by atoms with Crippen LogP contribution in [-0.2, 0) is 4.74 Å². The largest absolute Gasteiger partial charge is 0.378 e. The number of rotatable bonds is 5. The fraction of sp³-hybridized carbons (Fsp3) is 0.917. The number of unbranched alkanes of at least 4 members (excludes halogenated alkanes) is 1. The molecule has 1 unspecified atom stereocenters. The third-order valence-corrected chi connectivity index (χ3v) is 3.66. The van der Waals surface area contributed by atoms with Gasteiger partial charge in [-0.1, -0.05) is 38.9 Å². The maximum atomic E-state index is 5.58. The van der Waals surface area contributed by atoms with Gasteiger partial charge in [-0.05, 0) is 12.8 Å². The van der Waals surface area contributed by atoms with Crippen molar-refractivity contribution in [2.75, 3.05) is 26.3 Å². The van der Waals surface area contributed by atoms with Crippen LogP contribution in [0.1, 0.15) is 39.5 Å². The maximum Gasteiger partial charge on any atom is 0.0812 e. The number of nitrogens with zero attached hydrogens (tertiary/aromatic N) is 1. The number of morpholine rings is 1. The highest BCUT2D eigenvalue weighted by atomic mass is 32.1. The Balaban J connectivity index is 2.40. The molecule has 0 aliphatic carbocycles. The number of ether oxygens (including phenoxy) is 1. The topological polar surface area (TPSA) is 12.5 Å². The van der Waals surface area contributed by atoms with Gasteiger partial charge in [0.05, 0.1) is 18.2 Å². The second kappa shape index (κ2) is 7.18. The minimum Gasteiger partial charge on any atom is -0.378 e. The van der Waals surface area contributed by atoms with Gasteiger partial charge in [0.1, 0.15) is 0 Å². The molecule has 88 valence electrons. The van der Waals surface area contributed by atoms with Gasteiger partial charge in [0.2, 0.25) is 0 Å². The highest BCUT2D eigenvalue weighted by Gasteiger charge is 2.20. The Kier molecular flexibility index (Phi) is 6.18. The molecular weight excluding hydrogens is 206 g/mol. The van der Waals surface area contributed by atoms with Gasteiger partial charge in [0.15, 0.2) is 0 Å². The molecule has 0 aromatic rings. The molecule has 15 heavy (non-hydrogen) atoms. The number of hydrogen-bond acceptors (Lipinski definition) is 2. The summed E-state index contributed by atoms with van der Waals surface area (Å²) in [5.41, 5.74) is 0. The summed E-state index contributed by atoms with van der Waals surface area (Å²) < 4.78 is 5.34. The first-order valence-corrected chi connectivity index (χ1v) is 6.57. The molecule has 1 aliphatic heterocycles. The van der Waals surface area contributed by atoms with E-state index < -0.39 is 0 Å². The van der Waals surface area contributed by atoms with Crippen molar-refractivity contribution in [2.24, 2.45) is 5.92 Å². The van der Waals surface area contributed by atoms with Crippen molar-refractivity contribution in [2.45, 2.75) is 39.5 Å². The molecule has 1 heterocycles. The van der Waals surface area contributed by atoms with Crippen LogP contribution < -0.4 is 0 Å². The van der Waals surface area contributed by atoms with Gasteiger partial charge in [-0.3, -0.25) is 0 Å². The summed E-state index contributed by atoms with van der Waals surface area (Å²) in [4.78, 5) is 3.51. The first-order chi connectivity index (χ1) is 7.29. The van der Waals surface area contributed by atoms with Crippen LogP contribution in [0, 0.1) is 5.92 Å². The Morgan fingerprint density at radius 1 is 1.33 bits per heavy atom. The molecule has 0 amide bonds. The predicted molar refractivity (Wildman–Crippen MR) is 68.3 cm³/mol. The molecule has 0 aromatic heterocycles. The van der Waals surface area contributed by atoms with Gasteiger partial charge < -0.3 is 9.64 Å². The minimum absolute atomic E-state index is 0.609. The zero-order chi connectivity index (χ0) is 11.1. The molecule has 0 bridgehead atoms.